The van der Waals surface area contributed by atoms with Gasteiger partial charge in [0.2, 0.25) is 5.60 Å². The summed E-state index contributed by atoms with van der Waals surface area (Å²) < 4.78 is 72.7. The van der Waals surface area contributed by atoms with Crippen LogP contribution in [0.25, 0.3) is 0 Å². The Bertz CT molecular complexity index is 928. The molecular formula is C19H17F5N2O5. The van der Waals surface area contributed by atoms with Gasteiger partial charge in [0.15, 0.2) is 6.61 Å². The topological polar surface area (TPSA) is 84.9 Å². The normalized spacial score (nSPS) is 23.4. The van der Waals surface area contributed by atoms with Crippen LogP contribution in [0.2, 0.25) is 0 Å². The highest BCUT2D eigenvalue weighted by atomic mass is 19.4. The molecule has 7 nitrogen and oxygen atoms in total. The minimum atomic E-state index is -4.65. The quantitative estimate of drug-likeness (QED) is 0.553. The third-order valence-electron chi connectivity index (χ3n) is 4.71. The molecule has 2 atom stereocenters. The minimum Gasteiger partial charge on any atom is -0.453 e. The largest absolute Gasteiger partial charge is 0.453 e. The van der Waals surface area contributed by atoms with Crippen LogP contribution in [0.1, 0.15) is 19.8 Å². The first-order valence-electron chi connectivity index (χ1n) is 9.07. The Morgan fingerprint density at radius 2 is 1.90 bits per heavy atom. The third-order valence-corrected chi connectivity index (χ3v) is 4.71. The number of esters is 1. The zero-order valence-electron chi connectivity index (χ0n) is 16.1. The average molecular weight is 448 g/mol. The van der Waals surface area contributed by atoms with Crippen molar-refractivity contribution in [3.63, 3.8) is 0 Å². The summed E-state index contributed by atoms with van der Waals surface area (Å²) in [5.41, 5.74) is -1.84. The highest BCUT2D eigenvalue weighted by Crippen LogP contribution is 2.30. The Labute approximate surface area is 172 Å². The lowest BCUT2D eigenvalue weighted by atomic mass is 10.0. The van der Waals surface area contributed by atoms with Crippen LogP contribution < -0.4 is 10.2 Å². The summed E-state index contributed by atoms with van der Waals surface area (Å²) >= 11 is 0. The van der Waals surface area contributed by atoms with Crippen molar-refractivity contribution in [3.05, 3.63) is 41.5 Å². The monoisotopic (exact) mass is 448 g/mol. The number of nitrogens with zero attached hydrogens (tertiary/aromatic N) is 1. The lowest BCUT2D eigenvalue weighted by molar-refractivity contribution is -0.183. The van der Waals surface area contributed by atoms with Crippen LogP contribution in [0.5, 0.6) is 0 Å². The van der Waals surface area contributed by atoms with Crippen LogP contribution in [-0.2, 0) is 19.1 Å². The number of rotatable bonds is 5. The van der Waals surface area contributed by atoms with E-state index in [-0.39, 0.29) is 30.6 Å². The van der Waals surface area contributed by atoms with Crippen LogP contribution in [-0.4, -0.2) is 48.9 Å². The minimum absolute atomic E-state index is 0.0139. The molecule has 1 aromatic carbocycles. The molecule has 1 heterocycles. The molecule has 0 unspecified atom stereocenters. The van der Waals surface area contributed by atoms with E-state index in [1.54, 1.807) is 0 Å². The maximum absolute atomic E-state index is 13.4. The molecule has 2 amide bonds. The van der Waals surface area contributed by atoms with Gasteiger partial charge < -0.3 is 14.8 Å². The van der Waals surface area contributed by atoms with Gasteiger partial charge in [0.1, 0.15) is 11.6 Å². The number of hydrogen-bond acceptors (Lipinski definition) is 5. The van der Waals surface area contributed by atoms with Crippen LogP contribution >= 0.6 is 0 Å². The van der Waals surface area contributed by atoms with Gasteiger partial charge in [-0.3, -0.25) is 9.69 Å². The molecular weight excluding hydrogens is 431 g/mol. The van der Waals surface area contributed by atoms with Gasteiger partial charge in [-0.15, -0.1) is 0 Å². The van der Waals surface area contributed by atoms with Crippen LogP contribution in [0.4, 0.5) is 32.4 Å². The van der Waals surface area contributed by atoms with Crippen molar-refractivity contribution in [2.24, 2.45) is 0 Å². The van der Waals surface area contributed by atoms with Crippen molar-refractivity contribution in [2.45, 2.75) is 37.6 Å². The first kappa shape index (κ1) is 22.5. The van der Waals surface area contributed by atoms with Gasteiger partial charge in [-0.2, -0.15) is 13.2 Å². The zero-order valence-corrected chi connectivity index (χ0v) is 16.1. The smallest absolute Gasteiger partial charge is 0.422 e. The van der Waals surface area contributed by atoms with Crippen molar-refractivity contribution < 1.29 is 45.8 Å². The Morgan fingerprint density at radius 3 is 2.52 bits per heavy atom. The fourth-order valence-corrected chi connectivity index (χ4v) is 3.23. The summed E-state index contributed by atoms with van der Waals surface area (Å²) in [5.74, 6) is -3.69. The summed E-state index contributed by atoms with van der Waals surface area (Å²) in [4.78, 5) is 37.4. The molecule has 0 aromatic heterocycles. The Morgan fingerprint density at radius 1 is 1.26 bits per heavy atom. The Balaban J connectivity index is 1.59. The van der Waals surface area contributed by atoms with E-state index in [0.29, 0.717) is 6.07 Å². The highest BCUT2D eigenvalue weighted by Gasteiger charge is 2.48. The van der Waals surface area contributed by atoms with Crippen molar-refractivity contribution in [1.82, 2.24) is 5.32 Å². The molecule has 0 spiro atoms. The molecule has 0 saturated carbocycles. The maximum atomic E-state index is 13.4. The van der Waals surface area contributed by atoms with Crippen molar-refractivity contribution in [1.29, 1.82) is 0 Å². The summed E-state index contributed by atoms with van der Waals surface area (Å²) in [7, 11) is 0. The van der Waals surface area contributed by atoms with E-state index in [0.717, 1.165) is 17.0 Å². The third kappa shape index (κ3) is 5.30. The molecule has 1 aromatic rings. The molecule has 3 rings (SSSR count). The maximum Gasteiger partial charge on any atom is 0.422 e. The van der Waals surface area contributed by atoms with Gasteiger partial charge in [0.25, 0.3) is 5.91 Å². The summed E-state index contributed by atoms with van der Waals surface area (Å²) in [6, 6.07) is 1.82. The Kier molecular flexibility index (Phi) is 5.92. The van der Waals surface area contributed by atoms with Crippen molar-refractivity contribution >= 4 is 23.7 Å². The molecule has 1 saturated heterocycles. The number of hydrogen-bond donors (Lipinski definition) is 1. The number of carbonyl (C=O) groups excluding carboxylic acids is 3. The molecule has 1 aliphatic carbocycles. The van der Waals surface area contributed by atoms with E-state index in [9.17, 15) is 36.3 Å². The van der Waals surface area contributed by atoms with Crippen LogP contribution in [0.15, 0.2) is 29.8 Å². The summed E-state index contributed by atoms with van der Waals surface area (Å²) in [6.45, 7) is -0.747. The molecule has 1 N–H and O–H groups in total. The van der Waals surface area contributed by atoms with Gasteiger partial charge in [-0.05, 0) is 31.9 Å². The number of amides is 2. The van der Waals surface area contributed by atoms with E-state index in [1.807, 2.05) is 0 Å². The molecule has 1 fully saturated rings. The average Bonchev–Trinajstić information content (AvgIpc) is 3.23. The number of benzene rings is 1. The second kappa shape index (κ2) is 8.16. The molecule has 0 radical (unpaired) electrons. The van der Waals surface area contributed by atoms with E-state index in [4.69, 9.17) is 4.74 Å². The standard InChI is InChI=1S/C19H17F5N2O5/c1-18(8-26(17(29)31-18)14-6-11(20)5-12(21)7-14)16(28)25-13-3-2-10(4-13)15(27)30-9-19(22,23)24/h2,5-7,13H,3-4,8-9H2,1H3,(H,25,28)/t13-,18-/m0/s1. The number of alkyl halides is 3. The number of cyclic esters (lactones) is 1. The Hall–Kier alpha value is -3.18. The van der Waals surface area contributed by atoms with E-state index >= 15 is 0 Å². The predicted octanol–water partition coefficient (Wildman–Crippen LogP) is 2.99. The lowest BCUT2D eigenvalue weighted by Gasteiger charge is -2.23. The predicted molar refractivity (Wildman–Crippen MR) is 94.9 cm³/mol. The molecule has 2 aliphatic rings. The molecule has 12 heteroatoms. The number of anilines is 1. The van der Waals surface area contributed by atoms with Gasteiger partial charge >= 0.3 is 18.2 Å². The molecule has 0 bridgehead atoms. The van der Waals surface area contributed by atoms with Gasteiger partial charge in [0, 0.05) is 17.7 Å². The highest BCUT2D eigenvalue weighted by molar-refractivity contribution is 5.98. The van der Waals surface area contributed by atoms with Crippen LogP contribution in [0.3, 0.4) is 0 Å². The van der Waals surface area contributed by atoms with Crippen molar-refractivity contribution in [3.8, 4) is 0 Å². The first-order valence-corrected chi connectivity index (χ1v) is 9.07. The second-order valence-corrected chi connectivity index (χ2v) is 7.34. The molecule has 1 aliphatic heterocycles. The van der Waals surface area contributed by atoms with Gasteiger partial charge in [0.05, 0.1) is 12.2 Å². The van der Waals surface area contributed by atoms with E-state index in [1.165, 1.54) is 13.0 Å². The fraction of sp³-hybridized carbons (Fsp3) is 0.421. The van der Waals surface area contributed by atoms with Gasteiger partial charge in [-0.25, -0.2) is 18.4 Å². The SMILES string of the molecule is C[C@@]1(C(=O)N[C@H]2CC=C(C(=O)OCC(F)(F)F)C2)CN(c2cc(F)cc(F)c2)C(=O)O1. The fourth-order valence-electron chi connectivity index (χ4n) is 3.23. The summed E-state index contributed by atoms with van der Waals surface area (Å²) in [5, 5.41) is 2.56. The number of nitrogens with one attached hydrogen (secondary N) is 1. The molecule has 168 valence electrons. The van der Waals surface area contributed by atoms with Crippen molar-refractivity contribution in [2.75, 3.05) is 18.1 Å². The van der Waals surface area contributed by atoms with Gasteiger partial charge in [-0.1, -0.05) is 6.08 Å². The lowest BCUT2D eigenvalue weighted by Crippen LogP contribution is -2.50. The first-order chi connectivity index (χ1) is 14.4. The number of ether oxygens (including phenoxy) is 2. The van der Waals surface area contributed by atoms with E-state index < -0.39 is 54.0 Å². The number of carbonyl (C=O) groups is 3. The van der Waals surface area contributed by atoms with Crippen LogP contribution in [0, 0.1) is 11.6 Å². The second-order valence-electron chi connectivity index (χ2n) is 7.34. The van der Waals surface area contributed by atoms with E-state index in [2.05, 4.69) is 10.1 Å². The number of halogens is 5. The molecule has 31 heavy (non-hydrogen) atoms. The zero-order chi connectivity index (χ0) is 23.0. The summed E-state index contributed by atoms with van der Waals surface area (Å²) in [6.07, 6.45) is -4.19.